The summed E-state index contributed by atoms with van der Waals surface area (Å²) in [6.45, 7) is 11.8. The topological polar surface area (TPSA) is 38.0 Å². The van der Waals surface area contributed by atoms with Crippen LogP contribution in [-0.4, -0.2) is 14.9 Å². The van der Waals surface area contributed by atoms with Crippen molar-refractivity contribution in [2.24, 2.45) is 0 Å². The molecule has 3 heteroatoms. The van der Waals surface area contributed by atoms with E-state index in [-0.39, 0.29) is 5.54 Å². The Balaban J connectivity index is 3.19. The molecule has 0 fully saturated rings. The third-order valence-corrected chi connectivity index (χ3v) is 2.16. The van der Waals surface area contributed by atoms with E-state index in [0.29, 0.717) is 0 Å². The lowest BCUT2D eigenvalue weighted by molar-refractivity contribution is 0.0717. The minimum absolute atomic E-state index is 0.0335. The van der Waals surface area contributed by atoms with Gasteiger partial charge in [0.05, 0.1) is 11.2 Å². The maximum Gasteiger partial charge on any atom is 0.103 e. The molecule has 0 atom stereocenters. The van der Waals surface area contributed by atoms with Crippen LogP contribution in [0.4, 0.5) is 0 Å². The highest BCUT2D eigenvalue weighted by Crippen LogP contribution is 2.24. The molecule has 1 rings (SSSR count). The normalized spacial score (nSPS) is 13.4. The number of hydrogen-bond donors (Lipinski definition) is 1. The molecule has 0 bridgehead atoms. The zero-order valence-electron chi connectivity index (χ0n) is 9.92. The number of hydrogen-bond acceptors (Lipinski definition) is 2. The van der Waals surface area contributed by atoms with E-state index >= 15 is 0 Å². The van der Waals surface area contributed by atoms with Gasteiger partial charge >= 0.3 is 0 Å². The molecule has 0 aliphatic carbocycles. The Labute approximate surface area is 85.8 Å². The highest BCUT2D eigenvalue weighted by molar-refractivity contribution is 5.20. The smallest absolute Gasteiger partial charge is 0.103 e. The van der Waals surface area contributed by atoms with Crippen LogP contribution in [0.2, 0.25) is 0 Å². The first kappa shape index (κ1) is 11.2. The molecule has 80 valence electrons. The number of aryl methyl sites for hydroxylation is 1. The molecule has 0 unspecified atom stereocenters. The van der Waals surface area contributed by atoms with Gasteiger partial charge in [0, 0.05) is 6.20 Å². The zero-order chi connectivity index (χ0) is 11.1. The first-order valence-electron chi connectivity index (χ1n) is 4.92. The SMILES string of the molecule is Cc1cn(C(C)(C)C)nc1C(C)(C)O. The van der Waals surface area contributed by atoms with Gasteiger partial charge in [-0.3, -0.25) is 4.68 Å². The number of nitrogens with zero attached hydrogens (tertiary/aromatic N) is 2. The van der Waals surface area contributed by atoms with Crippen LogP contribution in [0.1, 0.15) is 45.9 Å². The summed E-state index contributed by atoms with van der Waals surface area (Å²) in [4.78, 5) is 0. The quantitative estimate of drug-likeness (QED) is 0.747. The largest absolute Gasteiger partial charge is 0.384 e. The molecule has 0 radical (unpaired) electrons. The van der Waals surface area contributed by atoms with Crippen LogP contribution in [-0.2, 0) is 11.1 Å². The summed E-state index contributed by atoms with van der Waals surface area (Å²) < 4.78 is 1.90. The van der Waals surface area contributed by atoms with Gasteiger partial charge in [-0.2, -0.15) is 5.10 Å². The average molecular weight is 196 g/mol. The lowest BCUT2D eigenvalue weighted by Crippen LogP contribution is -2.24. The van der Waals surface area contributed by atoms with Crippen LogP contribution in [0.15, 0.2) is 6.20 Å². The molecule has 14 heavy (non-hydrogen) atoms. The number of aliphatic hydroxyl groups is 1. The molecule has 0 saturated carbocycles. The Kier molecular flexibility index (Phi) is 2.48. The summed E-state index contributed by atoms with van der Waals surface area (Å²) in [7, 11) is 0. The molecule has 0 amide bonds. The van der Waals surface area contributed by atoms with Gasteiger partial charge in [0.15, 0.2) is 0 Å². The van der Waals surface area contributed by atoms with Crippen molar-refractivity contribution in [2.45, 2.75) is 52.7 Å². The minimum Gasteiger partial charge on any atom is -0.384 e. The third kappa shape index (κ3) is 2.15. The molecule has 0 saturated heterocycles. The molecule has 1 aromatic rings. The van der Waals surface area contributed by atoms with Crippen molar-refractivity contribution in [1.82, 2.24) is 9.78 Å². The van der Waals surface area contributed by atoms with Crippen molar-refractivity contribution in [3.05, 3.63) is 17.5 Å². The van der Waals surface area contributed by atoms with Gasteiger partial charge < -0.3 is 5.11 Å². The van der Waals surface area contributed by atoms with E-state index in [0.717, 1.165) is 11.3 Å². The standard InChI is InChI=1S/C11H20N2O/c1-8-7-13(10(2,3)4)12-9(8)11(5,6)14/h7,14H,1-6H3. The molecule has 3 nitrogen and oxygen atoms in total. The first-order valence-corrected chi connectivity index (χ1v) is 4.92. The van der Waals surface area contributed by atoms with Crippen molar-refractivity contribution < 1.29 is 5.11 Å². The number of rotatable bonds is 1. The summed E-state index contributed by atoms with van der Waals surface area (Å²) in [5.74, 6) is 0. The maximum absolute atomic E-state index is 9.87. The van der Waals surface area contributed by atoms with Crippen LogP contribution in [0.5, 0.6) is 0 Å². The van der Waals surface area contributed by atoms with Crippen LogP contribution >= 0.6 is 0 Å². The van der Waals surface area contributed by atoms with E-state index in [4.69, 9.17) is 0 Å². The van der Waals surface area contributed by atoms with Gasteiger partial charge in [-0.05, 0) is 47.1 Å². The van der Waals surface area contributed by atoms with Gasteiger partial charge in [0.1, 0.15) is 5.60 Å². The Morgan fingerprint density at radius 3 is 1.93 bits per heavy atom. The second-order valence-corrected chi connectivity index (χ2v) is 5.34. The highest BCUT2D eigenvalue weighted by Gasteiger charge is 2.25. The molecule has 0 aliphatic rings. The summed E-state index contributed by atoms with van der Waals surface area (Å²) in [6.07, 6.45) is 1.98. The van der Waals surface area contributed by atoms with Crippen molar-refractivity contribution in [3.63, 3.8) is 0 Å². The number of aromatic nitrogens is 2. The van der Waals surface area contributed by atoms with Crippen molar-refractivity contribution in [3.8, 4) is 0 Å². The fraction of sp³-hybridized carbons (Fsp3) is 0.727. The maximum atomic E-state index is 9.87. The van der Waals surface area contributed by atoms with Gasteiger partial charge in [-0.25, -0.2) is 0 Å². The Hall–Kier alpha value is -0.830. The lowest BCUT2D eigenvalue weighted by Gasteiger charge is -2.20. The second kappa shape index (κ2) is 3.09. The lowest BCUT2D eigenvalue weighted by atomic mass is 10.0. The van der Waals surface area contributed by atoms with Gasteiger partial charge in [-0.15, -0.1) is 0 Å². The Morgan fingerprint density at radius 1 is 1.21 bits per heavy atom. The van der Waals surface area contributed by atoms with E-state index in [9.17, 15) is 5.11 Å². The summed E-state index contributed by atoms with van der Waals surface area (Å²) in [5, 5.41) is 14.3. The van der Waals surface area contributed by atoms with Gasteiger partial charge in [0.25, 0.3) is 0 Å². The van der Waals surface area contributed by atoms with E-state index in [1.54, 1.807) is 13.8 Å². The fourth-order valence-electron chi connectivity index (χ4n) is 1.41. The first-order chi connectivity index (χ1) is 6.12. The van der Waals surface area contributed by atoms with Crippen LogP contribution in [0, 0.1) is 6.92 Å². The van der Waals surface area contributed by atoms with Gasteiger partial charge in [-0.1, -0.05) is 0 Å². The minimum atomic E-state index is -0.861. The highest BCUT2D eigenvalue weighted by atomic mass is 16.3. The Morgan fingerprint density at radius 2 is 1.71 bits per heavy atom. The monoisotopic (exact) mass is 196 g/mol. The Bertz CT molecular complexity index is 326. The third-order valence-electron chi connectivity index (χ3n) is 2.16. The van der Waals surface area contributed by atoms with E-state index in [1.165, 1.54) is 0 Å². The van der Waals surface area contributed by atoms with Crippen LogP contribution < -0.4 is 0 Å². The van der Waals surface area contributed by atoms with E-state index in [1.807, 2.05) is 17.8 Å². The fourth-order valence-corrected chi connectivity index (χ4v) is 1.41. The van der Waals surface area contributed by atoms with Crippen LogP contribution in [0.25, 0.3) is 0 Å². The molecular formula is C11H20N2O. The van der Waals surface area contributed by atoms with Gasteiger partial charge in [0.2, 0.25) is 0 Å². The molecule has 0 aliphatic heterocycles. The summed E-state index contributed by atoms with van der Waals surface area (Å²) in [5.41, 5.74) is 0.898. The summed E-state index contributed by atoms with van der Waals surface area (Å²) in [6, 6.07) is 0. The molecule has 1 N–H and O–H groups in total. The van der Waals surface area contributed by atoms with E-state index < -0.39 is 5.60 Å². The zero-order valence-corrected chi connectivity index (χ0v) is 9.92. The molecule has 1 heterocycles. The molecule has 0 spiro atoms. The van der Waals surface area contributed by atoms with Crippen LogP contribution in [0.3, 0.4) is 0 Å². The summed E-state index contributed by atoms with van der Waals surface area (Å²) >= 11 is 0. The average Bonchev–Trinajstić information content (AvgIpc) is 2.27. The van der Waals surface area contributed by atoms with Crippen molar-refractivity contribution >= 4 is 0 Å². The van der Waals surface area contributed by atoms with Crippen molar-refractivity contribution in [1.29, 1.82) is 0 Å². The second-order valence-electron chi connectivity index (χ2n) is 5.34. The molecule has 0 aromatic carbocycles. The predicted octanol–water partition coefficient (Wildman–Crippen LogP) is 2.17. The molecular weight excluding hydrogens is 176 g/mol. The van der Waals surface area contributed by atoms with E-state index in [2.05, 4.69) is 25.9 Å². The predicted molar refractivity (Wildman–Crippen MR) is 57.2 cm³/mol. The van der Waals surface area contributed by atoms with Crippen molar-refractivity contribution in [2.75, 3.05) is 0 Å². The molecule has 1 aromatic heterocycles.